The molecule has 0 saturated carbocycles. The first kappa shape index (κ1) is 17.1. The Hall–Kier alpha value is -2.28. The maximum Gasteiger partial charge on any atom is 0.336 e. The van der Waals surface area contributed by atoms with E-state index in [1.165, 1.54) is 29.0 Å². The number of fused-ring (bicyclic) bond motifs is 2. The van der Waals surface area contributed by atoms with E-state index in [1.807, 2.05) is 12.1 Å². The van der Waals surface area contributed by atoms with Gasteiger partial charge in [0.2, 0.25) is 0 Å². The van der Waals surface area contributed by atoms with Gasteiger partial charge in [0.15, 0.2) is 0 Å². The van der Waals surface area contributed by atoms with Crippen molar-refractivity contribution in [1.82, 2.24) is 4.90 Å². The predicted octanol–water partition coefficient (Wildman–Crippen LogP) is 2.88. The Bertz CT molecular complexity index is 935. The quantitative estimate of drug-likeness (QED) is 0.592. The number of carbonyl (C=O) groups excluding carboxylic acids is 2. The van der Waals surface area contributed by atoms with Crippen molar-refractivity contribution >= 4 is 33.9 Å². The molecule has 1 aliphatic carbocycles. The number of nitrogens with zero attached hydrogens (tertiary/aromatic N) is 1. The maximum atomic E-state index is 12.0. The SMILES string of the molecule is O=C(CCN1CCSC1=O)OCc1cc(=O)oc2cc3c(cc12)CCC3. The smallest absolute Gasteiger partial charge is 0.336 e. The predicted molar refractivity (Wildman–Crippen MR) is 98.3 cm³/mol. The van der Waals surface area contributed by atoms with Crippen molar-refractivity contribution in [2.45, 2.75) is 32.3 Å². The molecule has 2 heterocycles. The fourth-order valence-corrected chi connectivity index (χ4v) is 4.35. The van der Waals surface area contributed by atoms with Gasteiger partial charge >= 0.3 is 11.6 Å². The van der Waals surface area contributed by atoms with Crippen LogP contribution in [-0.2, 0) is 29.0 Å². The van der Waals surface area contributed by atoms with Crippen LogP contribution in [-0.4, -0.2) is 35.0 Å². The van der Waals surface area contributed by atoms with Crippen molar-refractivity contribution in [2.75, 3.05) is 18.8 Å². The number of rotatable bonds is 5. The molecule has 2 aromatic rings. The lowest BCUT2D eigenvalue weighted by Crippen LogP contribution is -2.26. The molecule has 7 heteroatoms. The lowest BCUT2D eigenvalue weighted by molar-refractivity contribution is -0.145. The molecule has 1 aromatic heterocycles. The Morgan fingerprint density at radius 3 is 2.77 bits per heavy atom. The topological polar surface area (TPSA) is 76.8 Å². The zero-order chi connectivity index (χ0) is 18.1. The summed E-state index contributed by atoms with van der Waals surface area (Å²) in [5.41, 5.74) is 3.25. The van der Waals surface area contributed by atoms with Crippen molar-refractivity contribution in [3.05, 3.63) is 45.3 Å². The number of amides is 1. The maximum absolute atomic E-state index is 12.0. The summed E-state index contributed by atoms with van der Waals surface area (Å²) in [5.74, 6) is 0.390. The molecule has 26 heavy (non-hydrogen) atoms. The number of hydrogen-bond acceptors (Lipinski definition) is 6. The van der Waals surface area contributed by atoms with Crippen LogP contribution in [0.15, 0.2) is 27.4 Å². The van der Waals surface area contributed by atoms with Gasteiger partial charge in [0, 0.05) is 35.9 Å². The lowest BCUT2D eigenvalue weighted by atomic mass is 10.0. The molecule has 2 aliphatic rings. The molecule has 1 amide bonds. The van der Waals surface area contributed by atoms with E-state index in [-0.39, 0.29) is 24.2 Å². The van der Waals surface area contributed by atoms with Crippen LogP contribution in [0, 0.1) is 0 Å². The Morgan fingerprint density at radius 2 is 2.00 bits per heavy atom. The van der Waals surface area contributed by atoms with E-state index in [4.69, 9.17) is 9.15 Å². The molecule has 0 radical (unpaired) electrons. The van der Waals surface area contributed by atoms with Crippen molar-refractivity contribution in [3.63, 3.8) is 0 Å². The van der Waals surface area contributed by atoms with Crippen molar-refractivity contribution in [2.24, 2.45) is 0 Å². The zero-order valence-electron chi connectivity index (χ0n) is 14.3. The second-order valence-electron chi connectivity index (χ2n) is 6.57. The van der Waals surface area contributed by atoms with Gasteiger partial charge in [0.25, 0.3) is 5.24 Å². The highest BCUT2D eigenvalue weighted by Gasteiger charge is 2.22. The molecule has 0 atom stereocenters. The molecule has 0 spiro atoms. The van der Waals surface area contributed by atoms with Crippen LogP contribution in [0.2, 0.25) is 0 Å². The summed E-state index contributed by atoms with van der Waals surface area (Å²) < 4.78 is 10.7. The number of hydrogen-bond donors (Lipinski definition) is 0. The van der Waals surface area contributed by atoms with Crippen LogP contribution in [0.3, 0.4) is 0 Å². The molecule has 4 rings (SSSR count). The number of aryl methyl sites for hydroxylation is 2. The Balaban J connectivity index is 1.45. The van der Waals surface area contributed by atoms with Crippen molar-refractivity contribution < 1.29 is 18.7 Å². The second-order valence-corrected chi connectivity index (χ2v) is 7.62. The Kier molecular flexibility index (Phi) is 4.72. The fraction of sp³-hybridized carbons (Fsp3) is 0.421. The summed E-state index contributed by atoms with van der Waals surface area (Å²) in [5, 5.41) is 0.836. The highest BCUT2D eigenvalue weighted by molar-refractivity contribution is 8.13. The van der Waals surface area contributed by atoms with Crippen LogP contribution >= 0.6 is 11.8 Å². The van der Waals surface area contributed by atoms with E-state index in [0.717, 1.165) is 30.4 Å². The van der Waals surface area contributed by atoms with E-state index >= 15 is 0 Å². The zero-order valence-corrected chi connectivity index (χ0v) is 15.1. The summed E-state index contributed by atoms with van der Waals surface area (Å²) in [6.45, 7) is 1.07. The van der Waals surface area contributed by atoms with Crippen molar-refractivity contribution in [3.8, 4) is 0 Å². The molecule has 0 unspecified atom stereocenters. The van der Waals surface area contributed by atoms with E-state index < -0.39 is 5.63 Å². The van der Waals surface area contributed by atoms with Gasteiger partial charge in [-0.15, -0.1) is 0 Å². The van der Waals surface area contributed by atoms with E-state index in [9.17, 15) is 14.4 Å². The van der Waals surface area contributed by atoms with Gasteiger partial charge in [0.05, 0.1) is 6.42 Å². The van der Waals surface area contributed by atoms with Gasteiger partial charge in [-0.2, -0.15) is 0 Å². The summed E-state index contributed by atoms with van der Waals surface area (Å²) in [6, 6.07) is 5.36. The summed E-state index contributed by atoms with van der Waals surface area (Å²) in [6.07, 6.45) is 3.28. The second kappa shape index (κ2) is 7.15. The number of thioether (sulfide) groups is 1. The molecule has 0 bridgehead atoms. The highest BCUT2D eigenvalue weighted by Crippen LogP contribution is 2.28. The Morgan fingerprint density at radius 1 is 1.19 bits per heavy atom. The third-order valence-electron chi connectivity index (χ3n) is 4.86. The van der Waals surface area contributed by atoms with Gasteiger partial charge in [-0.05, 0) is 42.5 Å². The third-order valence-corrected chi connectivity index (χ3v) is 5.75. The Labute approximate surface area is 154 Å². The number of benzene rings is 1. The first-order chi connectivity index (χ1) is 12.6. The van der Waals surface area contributed by atoms with Gasteiger partial charge in [-0.25, -0.2) is 4.79 Å². The number of ether oxygens (including phenoxy) is 1. The van der Waals surface area contributed by atoms with E-state index in [2.05, 4.69) is 0 Å². The molecule has 1 fully saturated rings. The first-order valence-electron chi connectivity index (χ1n) is 8.76. The molecular weight excluding hydrogens is 354 g/mol. The third kappa shape index (κ3) is 3.49. The minimum absolute atomic E-state index is 0.0123. The highest BCUT2D eigenvalue weighted by atomic mass is 32.2. The molecular formula is C19H19NO5S. The van der Waals surface area contributed by atoms with Gasteiger partial charge in [-0.1, -0.05) is 11.8 Å². The normalized spacial score (nSPS) is 16.3. The van der Waals surface area contributed by atoms with E-state index in [0.29, 0.717) is 24.2 Å². The lowest BCUT2D eigenvalue weighted by Gasteiger charge is -2.14. The van der Waals surface area contributed by atoms with Crippen LogP contribution in [0.5, 0.6) is 0 Å². The molecule has 1 aliphatic heterocycles. The molecule has 136 valence electrons. The van der Waals surface area contributed by atoms with Crippen LogP contribution < -0.4 is 5.63 Å². The minimum Gasteiger partial charge on any atom is -0.461 e. The number of carbonyl (C=O) groups is 2. The standard InChI is InChI=1S/C19H19NO5S/c21-17(4-5-20-6-7-26-19(20)23)24-11-14-10-18(22)25-16-9-13-3-1-2-12(13)8-15(14)16/h8-10H,1-7,11H2. The summed E-state index contributed by atoms with van der Waals surface area (Å²) in [7, 11) is 0. The summed E-state index contributed by atoms with van der Waals surface area (Å²) >= 11 is 1.27. The molecule has 6 nitrogen and oxygen atoms in total. The van der Waals surface area contributed by atoms with Crippen LogP contribution in [0.25, 0.3) is 11.0 Å². The molecule has 1 saturated heterocycles. The first-order valence-corrected chi connectivity index (χ1v) is 9.74. The average molecular weight is 373 g/mol. The van der Waals surface area contributed by atoms with Crippen molar-refractivity contribution in [1.29, 1.82) is 0 Å². The minimum atomic E-state index is -0.443. The number of esters is 1. The molecule has 0 N–H and O–H groups in total. The fourth-order valence-electron chi connectivity index (χ4n) is 3.50. The summed E-state index contributed by atoms with van der Waals surface area (Å²) in [4.78, 5) is 37.0. The van der Waals surface area contributed by atoms with Crippen LogP contribution in [0.4, 0.5) is 4.79 Å². The molecule has 1 aromatic carbocycles. The van der Waals surface area contributed by atoms with Gasteiger partial charge in [-0.3, -0.25) is 9.59 Å². The van der Waals surface area contributed by atoms with Gasteiger partial charge in [0.1, 0.15) is 12.2 Å². The van der Waals surface area contributed by atoms with Crippen LogP contribution in [0.1, 0.15) is 29.5 Å². The monoisotopic (exact) mass is 373 g/mol. The average Bonchev–Trinajstić information content (AvgIpc) is 3.24. The largest absolute Gasteiger partial charge is 0.461 e. The van der Waals surface area contributed by atoms with E-state index in [1.54, 1.807) is 4.90 Å². The van der Waals surface area contributed by atoms with Gasteiger partial charge < -0.3 is 14.1 Å².